The van der Waals surface area contributed by atoms with Crippen LogP contribution in [0.1, 0.15) is 27.5 Å². The van der Waals surface area contributed by atoms with Crippen LogP contribution in [0.3, 0.4) is 0 Å². The minimum absolute atomic E-state index is 0.000958. The summed E-state index contributed by atoms with van der Waals surface area (Å²) in [6.07, 6.45) is 0.272. The highest BCUT2D eigenvalue weighted by Crippen LogP contribution is 2.18. The van der Waals surface area contributed by atoms with Gasteiger partial charge in [-0.05, 0) is 37.6 Å². The van der Waals surface area contributed by atoms with Crippen LogP contribution in [-0.4, -0.2) is 36.7 Å². The molecule has 3 rings (SSSR count). The number of rotatable bonds is 5. The highest BCUT2D eigenvalue weighted by molar-refractivity contribution is 7.91. The molecule has 0 saturated carbocycles. The van der Waals surface area contributed by atoms with E-state index in [2.05, 4.69) is 15.8 Å². The summed E-state index contributed by atoms with van der Waals surface area (Å²) >= 11 is 1.55. The molecule has 144 valence electrons. The quantitative estimate of drug-likeness (QED) is 0.718. The number of hydrazine groups is 1. The molecule has 8 nitrogen and oxygen atoms in total. The number of benzene rings is 1. The third-order valence-electron chi connectivity index (χ3n) is 4.07. The van der Waals surface area contributed by atoms with Crippen molar-refractivity contribution in [1.82, 2.24) is 15.8 Å². The van der Waals surface area contributed by atoms with Gasteiger partial charge in [0.05, 0.1) is 28.1 Å². The third-order valence-corrected chi connectivity index (χ3v) is 6.66. The number of thiazole rings is 1. The highest BCUT2D eigenvalue weighted by atomic mass is 32.2. The van der Waals surface area contributed by atoms with Crippen LogP contribution >= 0.6 is 11.3 Å². The summed E-state index contributed by atoms with van der Waals surface area (Å²) in [6.45, 7) is 2.27. The summed E-state index contributed by atoms with van der Waals surface area (Å²) < 4.78 is 28.4. The molecule has 2 amide bonds. The molecular weight excluding hydrogens is 390 g/mol. The Morgan fingerprint density at radius 1 is 1.26 bits per heavy atom. The number of aromatic nitrogens is 1. The van der Waals surface area contributed by atoms with E-state index >= 15 is 0 Å². The Morgan fingerprint density at radius 2 is 2.00 bits per heavy atom. The van der Waals surface area contributed by atoms with Gasteiger partial charge in [0.15, 0.2) is 9.84 Å². The minimum atomic E-state index is -3.15. The Kier molecular flexibility index (Phi) is 5.76. The molecule has 1 saturated heterocycles. The van der Waals surface area contributed by atoms with Gasteiger partial charge < -0.3 is 4.74 Å². The van der Waals surface area contributed by atoms with E-state index in [1.165, 1.54) is 0 Å². The molecular formula is C17H19N3O5S2. The van der Waals surface area contributed by atoms with Crippen LogP contribution in [-0.2, 0) is 21.2 Å². The molecule has 1 aliphatic rings. The number of ether oxygens (including phenoxy) is 1. The second-order valence-corrected chi connectivity index (χ2v) is 9.51. The van der Waals surface area contributed by atoms with Crippen LogP contribution in [0, 0.1) is 12.8 Å². The zero-order valence-electron chi connectivity index (χ0n) is 14.6. The summed E-state index contributed by atoms with van der Waals surface area (Å²) in [4.78, 5) is 28.3. The average Bonchev–Trinajstić information content (AvgIpc) is 3.23. The van der Waals surface area contributed by atoms with Crippen molar-refractivity contribution in [2.45, 2.75) is 20.0 Å². The molecule has 1 fully saturated rings. The number of nitrogens with one attached hydrogen (secondary N) is 2. The third kappa shape index (κ3) is 5.27. The summed E-state index contributed by atoms with van der Waals surface area (Å²) in [5, 5.41) is 2.90. The van der Waals surface area contributed by atoms with Crippen LogP contribution in [0.2, 0.25) is 0 Å². The summed E-state index contributed by atoms with van der Waals surface area (Å²) in [5.41, 5.74) is 5.77. The van der Waals surface area contributed by atoms with E-state index in [9.17, 15) is 18.0 Å². The monoisotopic (exact) mass is 409 g/mol. The Bertz CT molecular complexity index is 938. The van der Waals surface area contributed by atoms with Crippen LogP contribution in [0.5, 0.6) is 5.75 Å². The van der Waals surface area contributed by atoms with E-state index in [0.717, 1.165) is 10.7 Å². The number of sulfone groups is 1. The lowest BCUT2D eigenvalue weighted by Gasteiger charge is -2.11. The number of aryl methyl sites for hydroxylation is 1. The molecule has 2 heterocycles. The molecule has 0 spiro atoms. The van der Waals surface area contributed by atoms with Gasteiger partial charge in [-0.15, -0.1) is 11.3 Å². The Labute approximate surface area is 160 Å². The number of amides is 2. The molecule has 1 aromatic heterocycles. The largest absolute Gasteiger partial charge is 0.487 e. The molecule has 1 aliphatic heterocycles. The number of nitrogens with zero attached hydrogens (tertiary/aromatic N) is 1. The van der Waals surface area contributed by atoms with Gasteiger partial charge in [0, 0.05) is 10.9 Å². The lowest BCUT2D eigenvalue weighted by atomic mass is 10.1. The van der Waals surface area contributed by atoms with Gasteiger partial charge in [0.25, 0.3) is 5.91 Å². The molecule has 1 aromatic carbocycles. The van der Waals surface area contributed by atoms with Gasteiger partial charge in [-0.3, -0.25) is 20.4 Å². The number of hydrogen-bond acceptors (Lipinski definition) is 7. The fourth-order valence-electron chi connectivity index (χ4n) is 2.63. The predicted octanol–water partition coefficient (Wildman–Crippen LogP) is 1.23. The molecule has 0 aliphatic carbocycles. The minimum Gasteiger partial charge on any atom is -0.487 e. The first kappa shape index (κ1) is 19.3. The van der Waals surface area contributed by atoms with Crippen molar-refractivity contribution < 1.29 is 22.7 Å². The molecule has 0 unspecified atom stereocenters. The van der Waals surface area contributed by atoms with Crippen molar-refractivity contribution in [3.63, 3.8) is 0 Å². The van der Waals surface area contributed by atoms with E-state index in [0.29, 0.717) is 17.9 Å². The summed E-state index contributed by atoms with van der Waals surface area (Å²) in [5.74, 6) is -1.20. The van der Waals surface area contributed by atoms with Gasteiger partial charge in [0.2, 0.25) is 5.91 Å². The lowest BCUT2D eigenvalue weighted by Crippen LogP contribution is -2.44. The van der Waals surface area contributed by atoms with Gasteiger partial charge >= 0.3 is 0 Å². The molecule has 0 bridgehead atoms. The number of hydrogen-bond donors (Lipinski definition) is 2. The van der Waals surface area contributed by atoms with Gasteiger partial charge in [-0.1, -0.05) is 0 Å². The Balaban J connectivity index is 1.48. The van der Waals surface area contributed by atoms with Crippen LogP contribution in [0.15, 0.2) is 29.6 Å². The van der Waals surface area contributed by atoms with Crippen molar-refractivity contribution >= 4 is 33.0 Å². The number of carbonyl (C=O) groups excluding carboxylic acids is 2. The lowest BCUT2D eigenvalue weighted by molar-refractivity contribution is -0.125. The molecule has 27 heavy (non-hydrogen) atoms. The second-order valence-electron chi connectivity index (χ2n) is 6.21. The van der Waals surface area contributed by atoms with E-state index in [4.69, 9.17) is 4.74 Å². The zero-order valence-corrected chi connectivity index (χ0v) is 16.2. The number of carbonyl (C=O) groups is 2. The second kappa shape index (κ2) is 8.05. The van der Waals surface area contributed by atoms with Crippen LogP contribution in [0.4, 0.5) is 0 Å². The van der Waals surface area contributed by atoms with E-state index in [1.54, 1.807) is 35.6 Å². The topological polar surface area (TPSA) is 114 Å². The van der Waals surface area contributed by atoms with E-state index in [-0.39, 0.29) is 17.9 Å². The maximum absolute atomic E-state index is 12.1. The average molecular weight is 409 g/mol. The normalized spacial score (nSPS) is 18.0. The first-order chi connectivity index (χ1) is 12.8. The zero-order chi connectivity index (χ0) is 19.4. The molecule has 2 N–H and O–H groups in total. The van der Waals surface area contributed by atoms with Gasteiger partial charge in [-0.25, -0.2) is 13.4 Å². The maximum Gasteiger partial charge on any atom is 0.269 e. The smallest absolute Gasteiger partial charge is 0.269 e. The standard InChI is InChI=1S/C17H19N3O5S2/c1-11-18-14(9-26-11)8-25-15-4-2-12(3-5-15)16(21)19-20-17(22)13-6-7-27(23,24)10-13/h2-5,9,13H,6-8,10H2,1H3,(H,19,21)(H,20,22)/t13-/m1/s1. The Hall–Kier alpha value is -2.46. The van der Waals surface area contributed by atoms with Gasteiger partial charge in [0.1, 0.15) is 12.4 Å². The Morgan fingerprint density at radius 3 is 2.59 bits per heavy atom. The SMILES string of the molecule is Cc1nc(COc2ccc(C(=O)NNC(=O)[C@@H]3CCS(=O)(=O)C3)cc2)cs1. The predicted molar refractivity (Wildman–Crippen MR) is 100.0 cm³/mol. The maximum atomic E-state index is 12.1. The summed E-state index contributed by atoms with van der Waals surface area (Å²) in [6, 6.07) is 6.45. The van der Waals surface area contributed by atoms with Crippen LogP contribution < -0.4 is 15.6 Å². The van der Waals surface area contributed by atoms with E-state index < -0.39 is 27.6 Å². The van der Waals surface area contributed by atoms with E-state index in [1.807, 2.05) is 12.3 Å². The summed E-state index contributed by atoms with van der Waals surface area (Å²) in [7, 11) is -3.15. The van der Waals surface area contributed by atoms with Crippen molar-refractivity contribution in [3.05, 3.63) is 45.9 Å². The molecule has 1 atom stereocenters. The molecule has 0 radical (unpaired) electrons. The fraction of sp³-hybridized carbons (Fsp3) is 0.353. The van der Waals surface area contributed by atoms with Crippen LogP contribution in [0.25, 0.3) is 0 Å². The van der Waals surface area contributed by atoms with Crippen molar-refractivity contribution in [2.75, 3.05) is 11.5 Å². The van der Waals surface area contributed by atoms with Crippen molar-refractivity contribution in [3.8, 4) is 5.75 Å². The van der Waals surface area contributed by atoms with Gasteiger partial charge in [-0.2, -0.15) is 0 Å². The molecule has 2 aromatic rings. The first-order valence-electron chi connectivity index (χ1n) is 8.27. The fourth-order valence-corrected chi connectivity index (χ4v) is 4.97. The van der Waals surface area contributed by atoms with Crippen molar-refractivity contribution in [1.29, 1.82) is 0 Å². The highest BCUT2D eigenvalue weighted by Gasteiger charge is 2.33. The molecule has 10 heteroatoms. The van der Waals surface area contributed by atoms with Crippen molar-refractivity contribution in [2.24, 2.45) is 5.92 Å². The first-order valence-corrected chi connectivity index (χ1v) is 11.0.